The fraction of sp³-hybridized carbons (Fsp3) is 0.600. The van der Waals surface area contributed by atoms with E-state index >= 15 is 0 Å². The standard InChI is InChI=1S/C15H25N3O2S/c1-2-21(19,20)13-3-8-17-9-11-18(12-10-17)15-6-4-14(16)5-7-15/h4-7H,2-3,8-13,16H2,1H3. The molecule has 1 fully saturated rings. The second-order valence-corrected chi connectivity index (χ2v) is 7.98. The number of nitrogens with two attached hydrogens (primary N) is 1. The van der Waals surface area contributed by atoms with E-state index in [1.807, 2.05) is 12.1 Å². The number of hydrogen-bond donors (Lipinski definition) is 1. The molecule has 0 atom stereocenters. The summed E-state index contributed by atoms with van der Waals surface area (Å²) in [5.41, 5.74) is 7.70. The van der Waals surface area contributed by atoms with Crippen LogP contribution in [0.4, 0.5) is 11.4 Å². The average molecular weight is 311 g/mol. The maximum Gasteiger partial charge on any atom is 0.150 e. The molecule has 5 nitrogen and oxygen atoms in total. The van der Waals surface area contributed by atoms with Crippen LogP contribution in [0.15, 0.2) is 24.3 Å². The summed E-state index contributed by atoms with van der Waals surface area (Å²) in [6, 6.07) is 7.96. The van der Waals surface area contributed by atoms with E-state index in [0.29, 0.717) is 5.75 Å². The maximum absolute atomic E-state index is 11.5. The van der Waals surface area contributed by atoms with Crippen molar-refractivity contribution in [2.75, 3.05) is 54.9 Å². The van der Waals surface area contributed by atoms with Crippen LogP contribution >= 0.6 is 0 Å². The highest BCUT2D eigenvalue weighted by Crippen LogP contribution is 2.18. The SMILES string of the molecule is CCS(=O)(=O)CCCN1CCN(c2ccc(N)cc2)CC1. The lowest BCUT2D eigenvalue weighted by atomic mass is 10.2. The summed E-state index contributed by atoms with van der Waals surface area (Å²) in [7, 11) is -2.83. The van der Waals surface area contributed by atoms with Crippen LogP contribution in [0.5, 0.6) is 0 Å². The van der Waals surface area contributed by atoms with Crippen molar-refractivity contribution in [1.29, 1.82) is 0 Å². The molecule has 1 aliphatic rings. The molecule has 0 spiro atoms. The van der Waals surface area contributed by atoms with Crippen LogP contribution in [0.3, 0.4) is 0 Å². The molecule has 0 aromatic heterocycles. The fourth-order valence-electron chi connectivity index (χ4n) is 2.57. The van der Waals surface area contributed by atoms with Crippen LogP contribution in [-0.4, -0.2) is 57.5 Å². The summed E-state index contributed by atoms with van der Waals surface area (Å²) in [5, 5.41) is 0. The minimum atomic E-state index is -2.83. The molecular formula is C15H25N3O2S. The highest BCUT2D eigenvalue weighted by Gasteiger charge is 2.17. The molecule has 1 aromatic carbocycles. The van der Waals surface area contributed by atoms with E-state index in [9.17, 15) is 8.42 Å². The molecule has 1 saturated heterocycles. The van der Waals surface area contributed by atoms with Gasteiger partial charge < -0.3 is 10.6 Å². The lowest BCUT2D eigenvalue weighted by Gasteiger charge is -2.36. The van der Waals surface area contributed by atoms with Gasteiger partial charge in [0, 0.05) is 43.3 Å². The summed E-state index contributed by atoms with van der Waals surface area (Å²) in [5.74, 6) is 0.555. The van der Waals surface area contributed by atoms with Crippen molar-refractivity contribution in [2.45, 2.75) is 13.3 Å². The van der Waals surface area contributed by atoms with Crippen LogP contribution in [0.25, 0.3) is 0 Å². The van der Waals surface area contributed by atoms with Gasteiger partial charge in [-0.05, 0) is 37.2 Å². The number of rotatable bonds is 6. The van der Waals surface area contributed by atoms with Gasteiger partial charge in [0.15, 0.2) is 0 Å². The quantitative estimate of drug-likeness (QED) is 0.800. The molecule has 118 valence electrons. The van der Waals surface area contributed by atoms with Gasteiger partial charge in [0.25, 0.3) is 0 Å². The second-order valence-electron chi connectivity index (χ2n) is 5.51. The lowest BCUT2D eigenvalue weighted by molar-refractivity contribution is 0.259. The largest absolute Gasteiger partial charge is 0.399 e. The maximum atomic E-state index is 11.5. The van der Waals surface area contributed by atoms with E-state index in [2.05, 4.69) is 21.9 Å². The number of hydrogen-bond acceptors (Lipinski definition) is 5. The summed E-state index contributed by atoms with van der Waals surface area (Å²) in [6.45, 7) is 6.50. The minimum absolute atomic E-state index is 0.248. The summed E-state index contributed by atoms with van der Waals surface area (Å²) < 4.78 is 22.9. The number of sulfone groups is 1. The first-order valence-corrected chi connectivity index (χ1v) is 9.35. The van der Waals surface area contributed by atoms with Crippen molar-refractivity contribution in [2.24, 2.45) is 0 Å². The predicted octanol–water partition coefficient (Wildman–Crippen LogP) is 1.22. The van der Waals surface area contributed by atoms with Gasteiger partial charge in [-0.3, -0.25) is 4.90 Å². The molecule has 21 heavy (non-hydrogen) atoms. The van der Waals surface area contributed by atoms with Crippen molar-refractivity contribution >= 4 is 21.2 Å². The topological polar surface area (TPSA) is 66.6 Å². The second kappa shape index (κ2) is 7.13. The zero-order valence-electron chi connectivity index (χ0n) is 12.7. The summed E-state index contributed by atoms with van der Waals surface area (Å²) in [4.78, 5) is 4.69. The molecule has 0 saturated carbocycles. The van der Waals surface area contributed by atoms with E-state index in [4.69, 9.17) is 5.73 Å². The van der Waals surface area contributed by atoms with Gasteiger partial charge in [-0.25, -0.2) is 8.42 Å². The van der Waals surface area contributed by atoms with Crippen LogP contribution in [0.2, 0.25) is 0 Å². The molecule has 6 heteroatoms. The van der Waals surface area contributed by atoms with Crippen LogP contribution in [-0.2, 0) is 9.84 Å². The third-order valence-corrected chi connectivity index (χ3v) is 5.79. The Morgan fingerprint density at radius 2 is 1.71 bits per heavy atom. The zero-order valence-corrected chi connectivity index (χ0v) is 13.5. The minimum Gasteiger partial charge on any atom is -0.399 e. The lowest BCUT2D eigenvalue weighted by Crippen LogP contribution is -2.46. The monoisotopic (exact) mass is 311 g/mol. The van der Waals surface area contributed by atoms with E-state index in [-0.39, 0.29) is 5.75 Å². The summed E-state index contributed by atoms with van der Waals surface area (Å²) >= 11 is 0. The molecule has 0 unspecified atom stereocenters. The number of anilines is 2. The molecule has 1 aliphatic heterocycles. The van der Waals surface area contributed by atoms with E-state index in [1.54, 1.807) is 6.92 Å². The molecule has 0 bridgehead atoms. The number of nitrogens with zero attached hydrogens (tertiary/aromatic N) is 2. The Kier molecular flexibility index (Phi) is 5.47. The van der Waals surface area contributed by atoms with Gasteiger partial charge in [-0.2, -0.15) is 0 Å². The van der Waals surface area contributed by atoms with Crippen molar-refractivity contribution < 1.29 is 8.42 Å². The third kappa shape index (κ3) is 4.89. The van der Waals surface area contributed by atoms with Crippen molar-refractivity contribution in [1.82, 2.24) is 4.90 Å². The first-order valence-electron chi connectivity index (χ1n) is 7.53. The van der Waals surface area contributed by atoms with Crippen molar-refractivity contribution in [3.8, 4) is 0 Å². The highest BCUT2D eigenvalue weighted by atomic mass is 32.2. The van der Waals surface area contributed by atoms with Gasteiger partial charge in [-0.1, -0.05) is 6.92 Å². The molecule has 1 aromatic rings. The Labute approximate surface area is 127 Å². The van der Waals surface area contributed by atoms with E-state index < -0.39 is 9.84 Å². The van der Waals surface area contributed by atoms with Gasteiger partial charge in [0.05, 0.1) is 5.75 Å². The molecule has 2 rings (SSSR count). The molecule has 0 aliphatic carbocycles. The van der Waals surface area contributed by atoms with Crippen LogP contribution in [0.1, 0.15) is 13.3 Å². The fourth-order valence-corrected chi connectivity index (χ4v) is 3.42. The first kappa shape index (κ1) is 16.1. The Morgan fingerprint density at radius 1 is 1.10 bits per heavy atom. The molecule has 2 N–H and O–H groups in total. The normalized spacial score (nSPS) is 17.1. The van der Waals surface area contributed by atoms with E-state index in [0.717, 1.165) is 44.8 Å². The van der Waals surface area contributed by atoms with Gasteiger partial charge in [0.1, 0.15) is 9.84 Å². The van der Waals surface area contributed by atoms with E-state index in [1.165, 1.54) is 5.69 Å². The predicted molar refractivity (Wildman–Crippen MR) is 88.5 cm³/mol. The van der Waals surface area contributed by atoms with Crippen molar-refractivity contribution in [3.05, 3.63) is 24.3 Å². The number of nitrogen functional groups attached to an aromatic ring is 1. The van der Waals surface area contributed by atoms with Gasteiger partial charge >= 0.3 is 0 Å². The number of benzene rings is 1. The molecule has 0 radical (unpaired) electrons. The highest BCUT2D eigenvalue weighted by molar-refractivity contribution is 7.91. The molecule has 0 amide bonds. The third-order valence-electron chi connectivity index (χ3n) is 4.00. The Morgan fingerprint density at radius 3 is 2.29 bits per heavy atom. The molecule has 1 heterocycles. The van der Waals surface area contributed by atoms with Crippen LogP contribution < -0.4 is 10.6 Å². The first-order chi connectivity index (χ1) is 10.00. The Hall–Kier alpha value is -1.27. The Balaban J connectivity index is 1.74. The van der Waals surface area contributed by atoms with Gasteiger partial charge in [0.2, 0.25) is 0 Å². The smallest absolute Gasteiger partial charge is 0.150 e. The Bertz CT molecular complexity index is 535. The van der Waals surface area contributed by atoms with Crippen molar-refractivity contribution in [3.63, 3.8) is 0 Å². The summed E-state index contributed by atoms with van der Waals surface area (Å²) in [6.07, 6.45) is 0.734. The number of piperazine rings is 1. The van der Waals surface area contributed by atoms with Gasteiger partial charge in [-0.15, -0.1) is 0 Å². The van der Waals surface area contributed by atoms with Crippen LogP contribution in [0, 0.1) is 0 Å². The average Bonchev–Trinajstić information content (AvgIpc) is 2.49. The molecular weight excluding hydrogens is 286 g/mol. The zero-order chi connectivity index (χ0) is 15.3.